The summed E-state index contributed by atoms with van der Waals surface area (Å²) in [7, 11) is 0. The third-order valence-electron chi connectivity index (χ3n) is 4.05. The molecular formula is C21H23NO3. The predicted octanol–water partition coefficient (Wildman–Crippen LogP) is 4.41. The number of carbonyl (C=O) groups is 1. The first-order chi connectivity index (χ1) is 12.0. The van der Waals surface area contributed by atoms with E-state index in [4.69, 9.17) is 5.73 Å². The molecule has 1 aliphatic rings. The lowest BCUT2D eigenvalue weighted by Crippen LogP contribution is -2.28. The Hall–Kier alpha value is -2.85. The number of carbonyl (C=O) groups excluding carboxylic acids is 1. The number of ketones is 1. The summed E-state index contributed by atoms with van der Waals surface area (Å²) in [4.78, 5) is 12.4. The Bertz CT molecular complexity index is 850. The van der Waals surface area contributed by atoms with Gasteiger partial charge in [-0.3, -0.25) is 4.79 Å². The molecule has 4 heteroatoms. The Morgan fingerprint density at radius 2 is 1.60 bits per heavy atom. The van der Waals surface area contributed by atoms with E-state index in [0.29, 0.717) is 11.1 Å². The van der Waals surface area contributed by atoms with E-state index in [1.807, 2.05) is 45.0 Å². The van der Waals surface area contributed by atoms with Crippen molar-refractivity contribution in [2.24, 2.45) is 5.73 Å². The summed E-state index contributed by atoms with van der Waals surface area (Å²) in [5, 5.41) is 20.6. The molecule has 2 aromatic carbocycles. The molecule has 0 aliphatic heterocycles. The van der Waals surface area contributed by atoms with Crippen LogP contribution in [0.4, 0.5) is 0 Å². The van der Waals surface area contributed by atoms with Gasteiger partial charge in [0.05, 0.1) is 11.6 Å². The fourth-order valence-corrected chi connectivity index (χ4v) is 2.72. The van der Waals surface area contributed by atoms with Crippen molar-refractivity contribution in [3.8, 4) is 0 Å². The Morgan fingerprint density at radius 3 is 2.20 bits per heavy atom. The van der Waals surface area contributed by atoms with Gasteiger partial charge < -0.3 is 15.9 Å². The van der Waals surface area contributed by atoms with Gasteiger partial charge in [-0.2, -0.15) is 0 Å². The topological polar surface area (TPSA) is 83.6 Å². The van der Waals surface area contributed by atoms with Crippen molar-refractivity contribution >= 4 is 17.6 Å². The Balaban J connectivity index is 0.00000109. The molecule has 0 aromatic heterocycles. The molecule has 0 amide bonds. The fourth-order valence-electron chi connectivity index (χ4n) is 2.72. The number of fused-ring (bicyclic) bond motifs is 1. The van der Waals surface area contributed by atoms with Gasteiger partial charge in [0.2, 0.25) is 0 Å². The summed E-state index contributed by atoms with van der Waals surface area (Å²) in [6, 6.07) is 13.2. The number of hydrogen-bond donors (Lipinski definition) is 3. The zero-order valence-electron chi connectivity index (χ0n) is 14.7. The van der Waals surface area contributed by atoms with Crippen molar-refractivity contribution in [2.75, 3.05) is 0 Å². The van der Waals surface area contributed by atoms with Crippen LogP contribution in [0, 0.1) is 6.92 Å². The van der Waals surface area contributed by atoms with E-state index in [-0.39, 0.29) is 22.9 Å². The normalized spacial score (nSPS) is 14.7. The smallest absolute Gasteiger partial charge is 0.195 e. The Kier molecular flexibility index (Phi) is 5.78. The second-order valence-electron chi connectivity index (χ2n) is 5.54. The van der Waals surface area contributed by atoms with Crippen LogP contribution in [0.3, 0.4) is 0 Å². The highest BCUT2D eigenvalue weighted by Gasteiger charge is 2.34. The quantitative estimate of drug-likeness (QED) is 0.724. The number of aliphatic hydroxyl groups is 2. The Labute approximate surface area is 147 Å². The summed E-state index contributed by atoms with van der Waals surface area (Å²) in [6.07, 6.45) is 1.52. The first-order valence-electron chi connectivity index (χ1n) is 8.29. The molecule has 4 nitrogen and oxygen atoms in total. The highest BCUT2D eigenvalue weighted by atomic mass is 16.3. The van der Waals surface area contributed by atoms with Crippen LogP contribution in [0.15, 0.2) is 59.9 Å². The SMILES string of the molecule is CC.Cc1ccccc1/C=C(/O)C(N)C1=C(O)c2ccccc2C1=O. The molecule has 0 heterocycles. The number of benzene rings is 2. The summed E-state index contributed by atoms with van der Waals surface area (Å²) < 4.78 is 0. The van der Waals surface area contributed by atoms with Crippen molar-refractivity contribution < 1.29 is 15.0 Å². The fraction of sp³-hybridized carbons (Fsp3) is 0.190. The minimum Gasteiger partial charge on any atom is -0.510 e. The summed E-state index contributed by atoms with van der Waals surface area (Å²) in [5.41, 5.74) is 8.68. The minimum atomic E-state index is -1.07. The molecule has 25 heavy (non-hydrogen) atoms. The van der Waals surface area contributed by atoms with Gasteiger partial charge in [0, 0.05) is 11.1 Å². The molecule has 0 saturated heterocycles. The summed E-state index contributed by atoms with van der Waals surface area (Å²) in [5.74, 6) is -0.680. The van der Waals surface area contributed by atoms with Gasteiger partial charge in [-0.15, -0.1) is 0 Å². The molecule has 0 bridgehead atoms. The van der Waals surface area contributed by atoms with Gasteiger partial charge in [0.25, 0.3) is 0 Å². The number of hydrogen-bond acceptors (Lipinski definition) is 4. The lowest BCUT2D eigenvalue weighted by molar-refractivity contribution is 0.103. The number of aliphatic hydroxyl groups excluding tert-OH is 2. The maximum absolute atomic E-state index is 12.4. The van der Waals surface area contributed by atoms with Gasteiger partial charge in [0.15, 0.2) is 5.78 Å². The van der Waals surface area contributed by atoms with Crippen molar-refractivity contribution in [1.29, 1.82) is 0 Å². The van der Waals surface area contributed by atoms with Gasteiger partial charge >= 0.3 is 0 Å². The lowest BCUT2D eigenvalue weighted by atomic mass is 9.99. The van der Waals surface area contributed by atoms with Crippen molar-refractivity contribution in [3.63, 3.8) is 0 Å². The van der Waals surface area contributed by atoms with Crippen molar-refractivity contribution in [1.82, 2.24) is 0 Å². The molecule has 1 unspecified atom stereocenters. The second-order valence-corrected chi connectivity index (χ2v) is 5.54. The van der Waals surface area contributed by atoms with Crippen LogP contribution in [0.2, 0.25) is 0 Å². The molecule has 130 valence electrons. The molecule has 0 fully saturated rings. The molecule has 4 N–H and O–H groups in total. The van der Waals surface area contributed by atoms with Crippen LogP contribution < -0.4 is 5.73 Å². The molecule has 0 spiro atoms. The van der Waals surface area contributed by atoms with Gasteiger partial charge in [-0.1, -0.05) is 62.4 Å². The van der Waals surface area contributed by atoms with Crippen LogP contribution in [0.25, 0.3) is 11.8 Å². The highest BCUT2D eigenvalue weighted by Crippen LogP contribution is 2.33. The van der Waals surface area contributed by atoms with E-state index in [1.54, 1.807) is 24.3 Å². The van der Waals surface area contributed by atoms with E-state index in [0.717, 1.165) is 11.1 Å². The van der Waals surface area contributed by atoms with Crippen LogP contribution in [-0.2, 0) is 0 Å². The Morgan fingerprint density at radius 1 is 1.04 bits per heavy atom. The zero-order chi connectivity index (χ0) is 18.6. The lowest BCUT2D eigenvalue weighted by Gasteiger charge is -2.12. The largest absolute Gasteiger partial charge is 0.510 e. The number of rotatable bonds is 3. The van der Waals surface area contributed by atoms with Crippen LogP contribution in [0.5, 0.6) is 0 Å². The third-order valence-corrected chi connectivity index (χ3v) is 4.05. The standard InChI is InChI=1S/C19H17NO3.C2H6/c1-11-6-2-3-7-12(11)10-15(21)17(20)16-18(22)13-8-4-5-9-14(13)19(16)23;1-2/h2-10,17,21-22H,20H2,1H3;1-2H3/b15-10+;. The van der Waals surface area contributed by atoms with Gasteiger partial charge in [-0.05, 0) is 24.1 Å². The van der Waals surface area contributed by atoms with E-state index in [1.165, 1.54) is 6.08 Å². The number of nitrogens with two attached hydrogens (primary N) is 1. The average molecular weight is 337 g/mol. The monoisotopic (exact) mass is 337 g/mol. The van der Waals surface area contributed by atoms with Crippen molar-refractivity contribution in [2.45, 2.75) is 26.8 Å². The predicted molar refractivity (Wildman–Crippen MR) is 101 cm³/mol. The zero-order valence-corrected chi connectivity index (χ0v) is 14.7. The number of aryl methyl sites for hydroxylation is 1. The minimum absolute atomic E-state index is 0.0218. The van der Waals surface area contributed by atoms with Crippen LogP contribution in [-0.4, -0.2) is 22.0 Å². The molecular weight excluding hydrogens is 314 g/mol. The second kappa shape index (κ2) is 7.81. The maximum Gasteiger partial charge on any atom is 0.195 e. The van der Waals surface area contributed by atoms with E-state index >= 15 is 0 Å². The van der Waals surface area contributed by atoms with Gasteiger partial charge in [0.1, 0.15) is 11.5 Å². The van der Waals surface area contributed by atoms with Crippen LogP contribution in [0.1, 0.15) is 40.9 Å². The molecule has 0 radical (unpaired) electrons. The van der Waals surface area contributed by atoms with Gasteiger partial charge in [-0.25, -0.2) is 0 Å². The summed E-state index contributed by atoms with van der Waals surface area (Å²) in [6.45, 7) is 5.91. The number of Topliss-reactive ketones (excluding diaryl/α,β-unsaturated/α-hetero) is 1. The summed E-state index contributed by atoms with van der Waals surface area (Å²) >= 11 is 0. The highest BCUT2D eigenvalue weighted by molar-refractivity contribution is 6.20. The van der Waals surface area contributed by atoms with E-state index in [9.17, 15) is 15.0 Å². The first-order valence-corrected chi connectivity index (χ1v) is 8.29. The molecule has 1 aliphatic carbocycles. The molecule has 0 saturated carbocycles. The third kappa shape index (κ3) is 3.49. The average Bonchev–Trinajstić information content (AvgIpc) is 2.89. The van der Waals surface area contributed by atoms with Crippen molar-refractivity contribution in [3.05, 3.63) is 82.1 Å². The molecule has 2 aromatic rings. The molecule has 3 rings (SSSR count). The van der Waals surface area contributed by atoms with Crippen LogP contribution >= 0.6 is 0 Å². The van der Waals surface area contributed by atoms with E-state index in [2.05, 4.69) is 0 Å². The van der Waals surface area contributed by atoms with E-state index < -0.39 is 6.04 Å². The first kappa shape index (κ1) is 18.5. The molecule has 1 atom stereocenters. The maximum atomic E-state index is 12.4.